The standard InChI is InChI=1S/C23H48N2O.C18H36O2/c1-4-5-6-7-8-9-10-11-12-13-14-15-16-17-18-20-23(26)24-21-19-22-25(2)3;1-2-3-4-5-6-7-8-9-10-11-12-13-14-15-16-17-18(19)20/h4-22H2,1-3H3,(H,24,26);2-17H2,1H3,(H,19,20). The van der Waals surface area contributed by atoms with Crippen LogP contribution in [0.1, 0.15) is 226 Å². The molecule has 0 saturated carbocycles. The number of hydrogen-bond donors (Lipinski definition) is 2. The van der Waals surface area contributed by atoms with Crippen molar-refractivity contribution >= 4 is 11.9 Å². The minimum atomic E-state index is -0.653. The molecular formula is C41H84N2O3. The highest BCUT2D eigenvalue weighted by atomic mass is 16.4. The first-order chi connectivity index (χ1) is 22.4. The maximum absolute atomic E-state index is 11.7. The van der Waals surface area contributed by atoms with Crippen LogP contribution in [0.5, 0.6) is 0 Å². The van der Waals surface area contributed by atoms with Crippen LogP contribution in [0.25, 0.3) is 0 Å². The SMILES string of the molecule is CCCCCCCCCCCCCCCCCC(=O)NCCCN(C)C.CCCCCCCCCCCCCCCCCC(=O)O. The first kappa shape index (κ1) is 47.0. The van der Waals surface area contributed by atoms with Crippen molar-refractivity contribution in [3.8, 4) is 0 Å². The number of nitrogens with zero attached hydrogens (tertiary/aromatic N) is 1. The van der Waals surface area contributed by atoms with Crippen LogP contribution in [0.4, 0.5) is 0 Å². The van der Waals surface area contributed by atoms with Gasteiger partial charge in [0, 0.05) is 19.4 Å². The smallest absolute Gasteiger partial charge is 0.303 e. The molecule has 0 spiro atoms. The summed E-state index contributed by atoms with van der Waals surface area (Å²) in [5.41, 5.74) is 0. The van der Waals surface area contributed by atoms with Crippen LogP contribution in [0.3, 0.4) is 0 Å². The molecule has 0 fully saturated rings. The van der Waals surface area contributed by atoms with Gasteiger partial charge in [-0.15, -0.1) is 0 Å². The Morgan fingerprint density at radius 2 is 0.717 bits per heavy atom. The van der Waals surface area contributed by atoms with Gasteiger partial charge in [-0.2, -0.15) is 0 Å². The lowest BCUT2D eigenvalue weighted by Crippen LogP contribution is -2.26. The molecule has 0 saturated heterocycles. The summed E-state index contributed by atoms with van der Waals surface area (Å²) < 4.78 is 0. The van der Waals surface area contributed by atoms with Gasteiger partial charge in [-0.3, -0.25) is 9.59 Å². The van der Waals surface area contributed by atoms with Crippen molar-refractivity contribution in [3.05, 3.63) is 0 Å². The summed E-state index contributed by atoms with van der Waals surface area (Å²) in [4.78, 5) is 24.2. The number of carbonyl (C=O) groups is 2. The molecule has 5 heteroatoms. The number of hydrogen-bond acceptors (Lipinski definition) is 3. The minimum Gasteiger partial charge on any atom is -0.481 e. The highest BCUT2D eigenvalue weighted by Gasteiger charge is 2.01. The van der Waals surface area contributed by atoms with Crippen LogP contribution in [-0.4, -0.2) is 49.1 Å². The Labute approximate surface area is 289 Å². The van der Waals surface area contributed by atoms with Crippen molar-refractivity contribution in [2.75, 3.05) is 27.2 Å². The second-order valence-electron chi connectivity index (χ2n) is 14.3. The van der Waals surface area contributed by atoms with E-state index >= 15 is 0 Å². The zero-order chi connectivity index (χ0) is 34.2. The zero-order valence-corrected chi connectivity index (χ0v) is 32.0. The number of rotatable bonds is 36. The monoisotopic (exact) mass is 653 g/mol. The number of nitrogens with one attached hydrogen (secondary N) is 1. The lowest BCUT2D eigenvalue weighted by molar-refractivity contribution is -0.137. The third-order valence-electron chi connectivity index (χ3n) is 9.11. The molecule has 0 radical (unpaired) electrons. The molecule has 0 bridgehead atoms. The Morgan fingerprint density at radius 1 is 0.435 bits per heavy atom. The second-order valence-corrected chi connectivity index (χ2v) is 14.3. The van der Waals surface area contributed by atoms with Crippen molar-refractivity contribution in [2.45, 2.75) is 226 Å². The van der Waals surface area contributed by atoms with E-state index in [-0.39, 0.29) is 5.91 Å². The largest absolute Gasteiger partial charge is 0.481 e. The van der Waals surface area contributed by atoms with Crippen molar-refractivity contribution in [3.63, 3.8) is 0 Å². The Kier molecular flexibility index (Phi) is 42.9. The number of unbranched alkanes of at least 4 members (excludes halogenated alkanes) is 28. The van der Waals surface area contributed by atoms with E-state index in [4.69, 9.17) is 5.11 Å². The molecule has 5 nitrogen and oxygen atoms in total. The maximum atomic E-state index is 11.7. The quantitative estimate of drug-likeness (QED) is 0.0661. The summed E-state index contributed by atoms with van der Waals surface area (Å²) >= 11 is 0. The molecule has 0 aliphatic heterocycles. The Bertz CT molecular complexity index is 596. The van der Waals surface area contributed by atoms with Crippen molar-refractivity contribution in [1.82, 2.24) is 10.2 Å². The summed E-state index contributed by atoms with van der Waals surface area (Å²) in [5, 5.41) is 11.5. The molecule has 0 aromatic rings. The average Bonchev–Trinajstić information content (AvgIpc) is 3.03. The number of carboxylic acids is 1. The molecule has 46 heavy (non-hydrogen) atoms. The van der Waals surface area contributed by atoms with E-state index in [0.717, 1.165) is 38.8 Å². The molecule has 0 heterocycles. The average molecular weight is 653 g/mol. The van der Waals surface area contributed by atoms with Gasteiger partial charge >= 0.3 is 5.97 Å². The summed E-state index contributed by atoms with van der Waals surface area (Å²) in [7, 11) is 4.13. The van der Waals surface area contributed by atoms with Crippen LogP contribution in [0.15, 0.2) is 0 Å². The van der Waals surface area contributed by atoms with Gasteiger partial charge in [0.2, 0.25) is 5.91 Å². The lowest BCUT2D eigenvalue weighted by atomic mass is 10.0. The van der Waals surface area contributed by atoms with Gasteiger partial charge < -0.3 is 15.3 Å². The van der Waals surface area contributed by atoms with E-state index in [2.05, 4.69) is 38.2 Å². The molecule has 0 aliphatic rings. The maximum Gasteiger partial charge on any atom is 0.303 e. The lowest BCUT2D eigenvalue weighted by Gasteiger charge is -2.09. The molecule has 2 N–H and O–H groups in total. The van der Waals surface area contributed by atoms with Crippen LogP contribution < -0.4 is 5.32 Å². The summed E-state index contributed by atoms with van der Waals surface area (Å²) in [6.45, 7) is 6.41. The predicted octanol–water partition coefficient (Wildman–Crippen LogP) is 12.6. The van der Waals surface area contributed by atoms with Gasteiger partial charge in [0.1, 0.15) is 0 Å². The first-order valence-corrected chi connectivity index (χ1v) is 20.6. The van der Waals surface area contributed by atoms with Crippen molar-refractivity contribution in [2.24, 2.45) is 0 Å². The van der Waals surface area contributed by atoms with Crippen LogP contribution in [-0.2, 0) is 9.59 Å². The molecule has 1 amide bonds. The van der Waals surface area contributed by atoms with Gasteiger partial charge in [-0.1, -0.05) is 194 Å². The Hall–Kier alpha value is -1.10. The summed E-state index contributed by atoms with van der Waals surface area (Å²) in [5.74, 6) is -0.418. The fraction of sp³-hybridized carbons (Fsp3) is 0.951. The van der Waals surface area contributed by atoms with Crippen LogP contribution in [0.2, 0.25) is 0 Å². The highest BCUT2D eigenvalue weighted by molar-refractivity contribution is 5.75. The van der Waals surface area contributed by atoms with E-state index in [1.807, 2.05) is 0 Å². The Balaban J connectivity index is 0. The topological polar surface area (TPSA) is 69.6 Å². The second kappa shape index (κ2) is 41.9. The first-order valence-electron chi connectivity index (χ1n) is 20.6. The number of aliphatic carboxylic acids is 1. The van der Waals surface area contributed by atoms with Gasteiger partial charge in [-0.25, -0.2) is 0 Å². The molecule has 0 aliphatic carbocycles. The molecule has 0 aromatic carbocycles. The minimum absolute atomic E-state index is 0.235. The van der Waals surface area contributed by atoms with E-state index < -0.39 is 5.97 Å². The molecule has 0 aromatic heterocycles. The normalized spacial score (nSPS) is 11.1. The molecule has 276 valence electrons. The van der Waals surface area contributed by atoms with E-state index in [1.54, 1.807) is 0 Å². The number of carbonyl (C=O) groups excluding carboxylic acids is 1. The van der Waals surface area contributed by atoms with Crippen molar-refractivity contribution in [1.29, 1.82) is 0 Å². The third kappa shape index (κ3) is 47.3. The van der Waals surface area contributed by atoms with Crippen LogP contribution >= 0.6 is 0 Å². The van der Waals surface area contributed by atoms with Gasteiger partial charge in [0.05, 0.1) is 0 Å². The molecular weight excluding hydrogens is 568 g/mol. The van der Waals surface area contributed by atoms with Crippen LogP contribution in [0, 0.1) is 0 Å². The molecule has 0 unspecified atom stereocenters. The Morgan fingerprint density at radius 3 is 1.00 bits per heavy atom. The fourth-order valence-electron chi connectivity index (χ4n) is 6.02. The predicted molar refractivity (Wildman–Crippen MR) is 203 cm³/mol. The third-order valence-corrected chi connectivity index (χ3v) is 9.11. The fourth-order valence-corrected chi connectivity index (χ4v) is 6.02. The number of carboxylic acid groups (broad SMARTS) is 1. The summed E-state index contributed by atoms with van der Waals surface area (Å²) in [6, 6.07) is 0. The van der Waals surface area contributed by atoms with E-state index in [9.17, 15) is 9.59 Å². The van der Waals surface area contributed by atoms with E-state index in [0.29, 0.717) is 12.8 Å². The zero-order valence-electron chi connectivity index (χ0n) is 32.0. The van der Waals surface area contributed by atoms with Crippen molar-refractivity contribution < 1.29 is 14.7 Å². The number of amides is 1. The highest BCUT2D eigenvalue weighted by Crippen LogP contribution is 2.15. The molecule has 0 atom stereocenters. The van der Waals surface area contributed by atoms with Gasteiger partial charge in [0.15, 0.2) is 0 Å². The van der Waals surface area contributed by atoms with Gasteiger partial charge in [0.25, 0.3) is 0 Å². The van der Waals surface area contributed by atoms with E-state index in [1.165, 1.54) is 173 Å². The summed E-state index contributed by atoms with van der Waals surface area (Å²) in [6.07, 6.45) is 42.5. The molecule has 0 rings (SSSR count). The van der Waals surface area contributed by atoms with Gasteiger partial charge in [-0.05, 0) is 39.9 Å².